The second-order valence-corrected chi connectivity index (χ2v) is 10.4. The molecule has 1 atom stereocenters. The van der Waals surface area contributed by atoms with Crippen LogP contribution < -0.4 is 5.32 Å². The Bertz CT molecular complexity index is 143. The van der Waals surface area contributed by atoms with Crippen LogP contribution in [0, 0.1) is 5.41 Å². The Labute approximate surface area is 103 Å². The lowest BCUT2D eigenvalue weighted by Crippen LogP contribution is -2.34. The maximum Gasteiger partial charge on any atom is 0.0760 e. The molecule has 1 fully saturated rings. The fourth-order valence-electron chi connectivity index (χ4n) is 1.66. The fourth-order valence-corrected chi connectivity index (χ4v) is 2.74. The molecule has 1 unspecified atom stereocenters. The molecule has 0 saturated carbocycles. The van der Waals surface area contributed by atoms with Crippen LogP contribution in [0.1, 0.15) is 33.1 Å². The van der Waals surface area contributed by atoms with E-state index in [1.54, 1.807) is 0 Å². The van der Waals surface area contributed by atoms with E-state index in [-0.39, 0.29) is 0 Å². The van der Waals surface area contributed by atoms with E-state index in [2.05, 4.69) is 64.3 Å². The van der Waals surface area contributed by atoms with Gasteiger partial charge in [0.05, 0.1) is 1.43 Å². The summed E-state index contributed by atoms with van der Waals surface area (Å²) in [5.74, 6) is 0. The summed E-state index contributed by atoms with van der Waals surface area (Å²) in [6, 6.07) is 0. The van der Waals surface area contributed by atoms with Crippen LogP contribution in [-0.2, 0) is 0 Å². The molecule has 0 spiro atoms. The van der Waals surface area contributed by atoms with Gasteiger partial charge in [-0.1, -0.05) is 52.1 Å². The van der Waals surface area contributed by atoms with Gasteiger partial charge in [-0.3, -0.25) is 0 Å². The summed E-state index contributed by atoms with van der Waals surface area (Å²) in [5.41, 5.74) is 0.512. The van der Waals surface area contributed by atoms with Crippen molar-refractivity contribution in [2.24, 2.45) is 5.41 Å². The lowest BCUT2D eigenvalue weighted by atomic mass is 9.80. The van der Waals surface area contributed by atoms with E-state index in [0.29, 0.717) is 6.84 Å². The van der Waals surface area contributed by atoms with Gasteiger partial charge in [0.25, 0.3) is 0 Å². The predicted molar refractivity (Wildman–Crippen MR) is 71.3 cm³/mol. The Morgan fingerprint density at radius 3 is 2.50 bits per heavy atom. The van der Waals surface area contributed by atoms with E-state index >= 15 is 0 Å². The summed E-state index contributed by atoms with van der Waals surface area (Å²) in [4.78, 5) is 0. The SMILES string of the molecule is CC(I)(I)C1(C)CCCNCC1. The summed E-state index contributed by atoms with van der Waals surface area (Å²) < 4.78 is 0.397. The van der Waals surface area contributed by atoms with Crippen LogP contribution in [0.5, 0.6) is 0 Å². The summed E-state index contributed by atoms with van der Waals surface area (Å²) >= 11 is 5.18. The first-order chi connectivity index (χ1) is 5.46. The van der Waals surface area contributed by atoms with Gasteiger partial charge in [0, 0.05) is 0 Å². The molecular formula is C9H17I2N. The van der Waals surface area contributed by atoms with E-state index in [0.717, 1.165) is 0 Å². The van der Waals surface area contributed by atoms with Crippen molar-refractivity contribution in [3.8, 4) is 0 Å². The first-order valence-electron chi connectivity index (χ1n) is 4.54. The Hall–Kier alpha value is 1.42. The topological polar surface area (TPSA) is 12.0 Å². The highest BCUT2D eigenvalue weighted by Gasteiger charge is 2.40. The molecule has 1 rings (SSSR count). The highest BCUT2D eigenvalue weighted by atomic mass is 127. The third-order valence-corrected chi connectivity index (χ3v) is 5.60. The summed E-state index contributed by atoms with van der Waals surface area (Å²) in [7, 11) is 0. The van der Waals surface area contributed by atoms with Crippen molar-refractivity contribution >= 4 is 45.2 Å². The molecule has 0 aromatic carbocycles. The van der Waals surface area contributed by atoms with Gasteiger partial charge in [0.2, 0.25) is 0 Å². The van der Waals surface area contributed by atoms with Crippen molar-refractivity contribution in [3.05, 3.63) is 0 Å². The molecule has 72 valence electrons. The van der Waals surface area contributed by atoms with Gasteiger partial charge in [0.1, 0.15) is 0 Å². The minimum Gasteiger partial charge on any atom is -0.317 e. The number of alkyl halides is 2. The minimum atomic E-state index is 0.397. The van der Waals surface area contributed by atoms with E-state index in [1.165, 1.54) is 32.4 Å². The molecular weight excluding hydrogens is 376 g/mol. The average molecular weight is 393 g/mol. The van der Waals surface area contributed by atoms with Crippen LogP contribution in [0.2, 0.25) is 0 Å². The van der Waals surface area contributed by atoms with Gasteiger partial charge >= 0.3 is 0 Å². The molecule has 0 aromatic heterocycles. The van der Waals surface area contributed by atoms with Crippen molar-refractivity contribution in [2.45, 2.75) is 34.5 Å². The standard InChI is InChI=1S/C9H17I2N/c1-8(9(2,10)11)4-3-6-12-7-5-8/h12H,3-7H2,1-2H3. The van der Waals surface area contributed by atoms with Gasteiger partial charge in [0.15, 0.2) is 0 Å². The molecule has 1 aliphatic rings. The van der Waals surface area contributed by atoms with Crippen molar-refractivity contribution in [3.63, 3.8) is 0 Å². The molecule has 0 amide bonds. The van der Waals surface area contributed by atoms with Crippen LogP contribution >= 0.6 is 45.2 Å². The zero-order valence-electron chi connectivity index (χ0n) is 7.79. The molecule has 0 radical (unpaired) electrons. The van der Waals surface area contributed by atoms with Crippen LogP contribution in [0.15, 0.2) is 0 Å². The predicted octanol–water partition coefficient (Wildman–Crippen LogP) is 3.35. The van der Waals surface area contributed by atoms with E-state index in [9.17, 15) is 0 Å². The van der Waals surface area contributed by atoms with Crippen LogP contribution in [0.3, 0.4) is 0 Å². The smallest absolute Gasteiger partial charge is 0.0760 e. The van der Waals surface area contributed by atoms with Crippen LogP contribution in [0.4, 0.5) is 0 Å². The van der Waals surface area contributed by atoms with Crippen LogP contribution in [-0.4, -0.2) is 14.5 Å². The Morgan fingerprint density at radius 2 is 1.92 bits per heavy atom. The summed E-state index contributed by atoms with van der Waals surface area (Å²) in [6.45, 7) is 7.18. The number of hydrogen-bond acceptors (Lipinski definition) is 1. The summed E-state index contributed by atoms with van der Waals surface area (Å²) in [5, 5.41) is 3.47. The maximum atomic E-state index is 3.47. The molecule has 1 nitrogen and oxygen atoms in total. The average Bonchev–Trinajstić information content (AvgIpc) is 2.12. The molecule has 1 N–H and O–H groups in total. The lowest BCUT2D eigenvalue weighted by Gasteiger charge is -2.38. The first-order valence-corrected chi connectivity index (χ1v) is 6.70. The number of hydrogen-bond donors (Lipinski definition) is 1. The first kappa shape index (κ1) is 11.5. The van der Waals surface area contributed by atoms with E-state index < -0.39 is 0 Å². The Kier molecular flexibility index (Phi) is 4.11. The summed E-state index contributed by atoms with van der Waals surface area (Å²) in [6.07, 6.45) is 4.01. The minimum absolute atomic E-state index is 0.397. The largest absolute Gasteiger partial charge is 0.317 e. The molecule has 0 aromatic rings. The highest BCUT2D eigenvalue weighted by Crippen LogP contribution is 2.50. The Balaban J connectivity index is 2.67. The van der Waals surface area contributed by atoms with Gasteiger partial charge in [-0.2, -0.15) is 0 Å². The van der Waals surface area contributed by atoms with Gasteiger partial charge in [-0.25, -0.2) is 0 Å². The lowest BCUT2D eigenvalue weighted by molar-refractivity contribution is 0.284. The molecule has 0 bridgehead atoms. The monoisotopic (exact) mass is 393 g/mol. The van der Waals surface area contributed by atoms with Crippen molar-refractivity contribution < 1.29 is 0 Å². The van der Waals surface area contributed by atoms with E-state index in [1.807, 2.05) is 0 Å². The number of nitrogens with one attached hydrogen (secondary N) is 1. The maximum absolute atomic E-state index is 3.47. The zero-order valence-corrected chi connectivity index (χ0v) is 12.1. The highest BCUT2D eigenvalue weighted by molar-refractivity contribution is 14.2. The van der Waals surface area contributed by atoms with Crippen molar-refractivity contribution in [1.29, 1.82) is 0 Å². The second kappa shape index (κ2) is 4.29. The molecule has 12 heavy (non-hydrogen) atoms. The molecule has 0 aliphatic carbocycles. The van der Waals surface area contributed by atoms with Gasteiger partial charge in [-0.15, -0.1) is 0 Å². The van der Waals surface area contributed by atoms with Gasteiger partial charge < -0.3 is 5.32 Å². The Morgan fingerprint density at radius 1 is 1.25 bits per heavy atom. The van der Waals surface area contributed by atoms with Crippen LogP contribution in [0.25, 0.3) is 0 Å². The molecule has 1 aliphatic heterocycles. The van der Waals surface area contributed by atoms with E-state index in [4.69, 9.17) is 0 Å². The quantitative estimate of drug-likeness (QED) is 0.533. The normalized spacial score (nSPS) is 33.0. The second-order valence-electron chi connectivity index (χ2n) is 4.05. The number of rotatable bonds is 1. The molecule has 1 saturated heterocycles. The van der Waals surface area contributed by atoms with Crippen molar-refractivity contribution in [2.75, 3.05) is 13.1 Å². The fraction of sp³-hybridized carbons (Fsp3) is 1.00. The molecule has 3 heteroatoms. The zero-order chi connectivity index (χ0) is 9.24. The molecule has 1 heterocycles. The number of halogens is 2. The third kappa shape index (κ3) is 2.70. The third-order valence-electron chi connectivity index (χ3n) is 3.00. The van der Waals surface area contributed by atoms with Gasteiger partial charge in [-0.05, 0) is 44.7 Å². The van der Waals surface area contributed by atoms with Crippen molar-refractivity contribution in [1.82, 2.24) is 5.32 Å².